The van der Waals surface area contributed by atoms with E-state index in [-0.39, 0.29) is 6.42 Å². The van der Waals surface area contributed by atoms with Crippen LogP contribution in [0.2, 0.25) is 0 Å². The number of benzene rings is 2. The highest BCUT2D eigenvalue weighted by Crippen LogP contribution is 2.33. The number of nitrogens with one attached hydrogen (secondary N) is 1. The second-order valence-electron chi connectivity index (χ2n) is 9.97. The molecular weight excluding hydrogens is 532 g/mol. The normalized spacial score (nSPS) is 14.9. The van der Waals surface area contributed by atoms with Crippen LogP contribution in [-0.2, 0) is 19.1 Å². The van der Waals surface area contributed by atoms with Crippen molar-refractivity contribution < 1.29 is 26.3 Å². The van der Waals surface area contributed by atoms with Gasteiger partial charge in [-0.05, 0) is 86.0 Å². The molecule has 0 unspecified atom stereocenters. The van der Waals surface area contributed by atoms with Gasteiger partial charge >= 0.3 is 12.4 Å². The summed E-state index contributed by atoms with van der Waals surface area (Å²) >= 11 is 0. The molecule has 1 fully saturated rings. The van der Waals surface area contributed by atoms with Gasteiger partial charge in [-0.2, -0.15) is 26.3 Å². The number of hydrogen-bond donors (Lipinski definition) is 2. The van der Waals surface area contributed by atoms with Crippen LogP contribution in [-0.4, -0.2) is 34.1 Å². The van der Waals surface area contributed by atoms with Crippen molar-refractivity contribution in [2.24, 2.45) is 11.7 Å². The van der Waals surface area contributed by atoms with Gasteiger partial charge in [0.2, 0.25) is 0 Å². The quantitative estimate of drug-likeness (QED) is 0.187. The molecule has 4 rings (SSSR count). The Bertz CT molecular complexity index is 1360. The predicted molar refractivity (Wildman–Crippen MR) is 144 cm³/mol. The molecule has 0 bridgehead atoms. The Labute approximate surface area is 228 Å². The van der Waals surface area contributed by atoms with Crippen LogP contribution in [0.25, 0.3) is 10.9 Å². The van der Waals surface area contributed by atoms with Crippen LogP contribution >= 0.6 is 0 Å². The van der Waals surface area contributed by atoms with Crippen molar-refractivity contribution in [1.29, 1.82) is 0 Å². The van der Waals surface area contributed by atoms with E-state index in [4.69, 9.17) is 5.73 Å². The van der Waals surface area contributed by atoms with Gasteiger partial charge in [-0.25, -0.2) is 9.97 Å². The molecule has 1 saturated carbocycles. The summed E-state index contributed by atoms with van der Waals surface area (Å²) in [5, 5.41) is 3.62. The number of nitrogens with two attached hydrogens (primary N) is 1. The van der Waals surface area contributed by atoms with Crippen LogP contribution in [0.3, 0.4) is 0 Å². The lowest BCUT2D eigenvalue weighted by Crippen LogP contribution is -2.27. The van der Waals surface area contributed by atoms with Crippen molar-refractivity contribution in [3.05, 3.63) is 83.3 Å². The van der Waals surface area contributed by atoms with Crippen LogP contribution < -0.4 is 11.1 Å². The van der Waals surface area contributed by atoms with Gasteiger partial charge in [0.15, 0.2) is 0 Å². The number of hydrogen-bond acceptors (Lipinski definition) is 5. The highest BCUT2D eigenvalue weighted by atomic mass is 19.4. The Morgan fingerprint density at radius 1 is 1.05 bits per heavy atom. The number of halogens is 6. The van der Waals surface area contributed by atoms with E-state index in [1.807, 2.05) is 0 Å². The monoisotopic (exact) mass is 563 g/mol. The largest absolute Gasteiger partial charge is 0.416 e. The first-order valence-electron chi connectivity index (χ1n) is 13.1. The molecule has 5 nitrogen and oxygen atoms in total. The SMILES string of the molecule is CCCN(Cc1nc(Nc2ccc(C(F)(F)F)cc2)c2ccc(C/C(=C\C=C/N)C(F)(F)F)cc2n1)CC1CC1. The van der Waals surface area contributed by atoms with Gasteiger partial charge < -0.3 is 11.1 Å². The lowest BCUT2D eigenvalue weighted by atomic mass is 10.0. The van der Waals surface area contributed by atoms with E-state index in [0.29, 0.717) is 46.3 Å². The molecule has 0 radical (unpaired) electrons. The molecule has 0 amide bonds. The average Bonchev–Trinajstić information content (AvgIpc) is 3.69. The number of allylic oxidation sites excluding steroid dienone is 3. The van der Waals surface area contributed by atoms with Crippen molar-refractivity contribution >= 4 is 22.4 Å². The van der Waals surface area contributed by atoms with Gasteiger partial charge in [-0.3, -0.25) is 4.90 Å². The Hall–Kier alpha value is -3.60. The summed E-state index contributed by atoms with van der Waals surface area (Å²) in [6, 6.07) is 9.36. The summed E-state index contributed by atoms with van der Waals surface area (Å²) in [4.78, 5) is 11.6. The first-order valence-corrected chi connectivity index (χ1v) is 13.1. The Balaban J connectivity index is 1.71. The zero-order chi connectivity index (χ0) is 28.9. The van der Waals surface area contributed by atoms with E-state index in [0.717, 1.165) is 50.0 Å². The molecule has 0 spiro atoms. The molecule has 2 aromatic carbocycles. The molecule has 11 heteroatoms. The smallest absolute Gasteiger partial charge is 0.405 e. The van der Waals surface area contributed by atoms with Crippen molar-refractivity contribution in [3.8, 4) is 0 Å². The molecule has 0 saturated heterocycles. The minimum Gasteiger partial charge on any atom is -0.405 e. The van der Waals surface area contributed by atoms with Gasteiger partial charge in [-0.1, -0.05) is 19.1 Å². The molecule has 214 valence electrons. The van der Waals surface area contributed by atoms with Crippen LogP contribution in [0.15, 0.2) is 66.4 Å². The molecule has 1 aromatic heterocycles. The number of anilines is 2. The first-order chi connectivity index (χ1) is 19.0. The molecule has 1 aliphatic carbocycles. The molecular formula is C29H31F6N5. The van der Waals surface area contributed by atoms with Gasteiger partial charge in [0.1, 0.15) is 11.6 Å². The summed E-state index contributed by atoms with van der Waals surface area (Å²) < 4.78 is 79.8. The van der Waals surface area contributed by atoms with Crippen LogP contribution in [0.4, 0.5) is 37.8 Å². The van der Waals surface area contributed by atoms with Gasteiger partial charge in [0, 0.05) is 29.6 Å². The maximum atomic E-state index is 13.6. The molecule has 3 aromatic rings. The van der Waals surface area contributed by atoms with Gasteiger partial charge in [0.05, 0.1) is 17.6 Å². The highest BCUT2D eigenvalue weighted by Gasteiger charge is 2.33. The van der Waals surface area contributed by atoms with Crippen molar-refractivity contribution in [1.82, 2.24) is 14.9 Å². The number of fused-ring (bicyclic) bond motifs is 1. The highest BCUT2D eigenvalue weighted by molar-refractivity contribution is 5.91. The molecule has 0 aliphatic heterocycles. The Morgan fingerprint density at radius 3 is 2.38 bits per heavy atom. The van der Waals surface area contributed by atoms with E-state index in [2.05, 4.69) is 27.1 Å². The number of aromatic nitrogens is 2. The van der Waals surface area contributed by atoms with Crippen molar-refractivity contribution in [2.45, 2.75) is 51.5 Å². The third-order valence-corrected chi connectivity index (χ3v) is 6.57. The van der Waals surface area contributed by atoms with Crippen molar-refractivity contribution in [3.63, 3.8) is 0 Å². The third kappa shape index (κ3) is 7.97. The number of nitrogens with zero attached hydrogens (tertiary/aromatic N) is 3. The minimum atomic E-state index is -4.54. The first kappa shape index (κ1) is 29.4. The molecule has 1 aliphatic rings. The zero-order valence-corrected chi connectivity index (χ0v) is 22.0. The lowest BCUT2D eigenvalue weighted by Gasteiger charge is -2.21. The summed E-state index contributed by atoms with van der Waals surface area (Å²) in [6.45, 7) is 4.27. The van der Waals surface area contributed by atoms with E-state index >= 15 is 0 Å². The van der Waals surface area contributed by atoms with E-state index in [1.165, 1.54) is 25.0 Å². The minimum absolute atomic E-state index is 0.367. The summed E-state index contributed by atoms with van der Waals surface area (Å²) in [5.74, 6) is 1.48. The van der Waals surface area contributed by atoms with Gasteiger partial charge in [0.25, 0.3) is 0 Å². The maximum absolute atomic E-state index is 13.6. The van der Waals surface area contributed by atoms with Crippen LogP contribution in [0.5, 0.6) is 0 Å². The second-order valence-corrected chi connectivity index (χ2v) is 9.97. The van der Waals surface area contributed by atoms with Crippen LogP contribution in [0.1, 0.15) is 43.1 Å². The number of rotatable bonds is 11. The Kier molecular flexibility index (Phi) is 9.02. The zero-order valence-electron chi connectivity index (χ0n) is 22.0. The third-order valence-electron chi connectivity index (χ3n) is 6.57. The second kappa shape index (κ2) is 12.3. The average molecular weight is 564 g/mol. The van der Waals surface area contributed by atoms with E-state index in [9.17, 15) is 26.3 Å². The van der Waals surface area contributed by atoms with E-state index in [1.54, 1.807) is 18.2 Å². The fourth-order valence-corrected chi connectivity index (χ4v) is 4.44. The van der Waals surface area contributed by atoms with Crippen molar-refractivity contribution in [2.75, 3.05) is 18.4 Å². The molecule has 1 heterocycles. The maximum Gasteiger partial charge on any atom is 0.416 e. The number of alkyl halides is 6. The topological polar surface area (TPSA) is 67.1 Å². The fourth-order valence-electron chi connectivity index (χ4n) is 4.44. The fraction of sp³-hybridized carbons (Fsp3) is 0.379. The summed E-state index contributed by atoms with van der Waals surface area (Å²) in [7, 11) is 0. The Morgan fingerprint density at radius 2 is 1.77 bits per heavy atom. The molecule has 40 heavy (non-hydrogen) atoms. The lowest BCUT2D eigenvalue weighted by molar-refractivity contribution is -0.137. The summed E-state index contributed by atoms with van der Waals surface area (Å²) in [6.07, 6.45) is -2.98. The molecule has 3 N–H and O–H groups in total. The van der Waals surface area contributed by atoms with Gasteiger partial charge in [-0.15, -0.1) is 0 Å². The van der Waals surface area contributed by atoms with E-state index < -0.39 is 23.5 Å². The standard InChI is InChI=1S/C29H31F6N5/c1-2-14-40(17-19-5-6-19)18-26-38-25-16-20(15-22(4-3-13-36)29(33,34)35)7-12-24(25)27(39-26)37-23-10-8-21(9-11-23)28(30,31)32/h3-4,7-13,16,19H,2,5-6,14-15,17-18,36H2,1H3,(H,37,38,39)/b13-3-,22-4+. The van der Waals surface area contributed by atoms with Crippen LogP contribution in [0, 0.1) is 5.92 Å². The molecule has 0 atom stereocenters. The predicted octanol–water partition coefficient (Wildman–Crippen LogP) is 7.52. The summed E-state index contributed by atoms with van der Waals surface area (Å²) in [5.41, 5.74) is 4.93.